The molecule has 0 spiro atoms. The van der Waals surface area contributed by atoms with Crippen LogP contribution in [0, 0.1) is 0 Å². The van der Waals surface area contributed by atoms with E-state index >= 15 is 0 Å². The standard InChI is InChI=1S/C21H24ClN5O3/c1-28-10-3-11-29-17-8-7-14-12-16(6-5-15(14)13-17)19-24-20(30-26-19)18-4-2-9-27(18)21(23)25-22/h5-8,12-13,18H,2-4,9-11H2,1H3,(H2,23,25)/t18-/m0/s1. The highest BCUT2D eigenvalue weighted by molar-refractivity contribution is 6.19. The highest BCUT2D eigenvalue weighted by Crippen LogP contribution is 2.32. The smallest absolute Gasteiger partial charge is 0.249 e. The maximum absolute atomic E-state index is 5.88. The van der Waals surface area contributed by atoms with Gasteiger partial charge in [-0.25, -0.2) is 0 Å². The van der Waals surface area contributed by atoms with E-state index in [4.69, 9.17) is 31.5 Å². The average Bonchev–Trinajstić information content (AvgIpc) is 3.45. The van der Waals surface area contributed by atoms with Crippen molar-refractivity contribution in [3.63, 3.8) is 0 Å². The van der Waals surface area contributed by atoms with Gasteiger partial charge < -0.3 is 24.6 Å². The van der Waals surface area contributed by atoms with E-state index in [1.54, 1.807) is 7.11 Å². The number of fused-ring (bicyclic) bond motifs is 1. The lowest BCUT2D eigenvalue weighted by Gasteiger charge is -2.21. The number of benzene rings is 2. The maximum Gasteiger partial charge on any atom is 0.249 e. The topological polar surface area (TPSA) is 99.0 Å². The molecular weight excluding hydrogens is 406 g/mol. The molecule has 158 valence electrons. The molecule has 0 unspecified atom stereocenters. The zero-order chi connectivity index (χ0) is 20.9. The molecule has 0 radical (unpaired) electrons. The largest absolute Gasteiger partial charge is 0.493 e. The molecule has 2 N–H and O–H groups in total. The Morgan fingerprint density at radius 3 is 2.93 bits per heavy atom. The van der Waals surface area contributed by atoms with E-state index in [1.165, 1.54) is 0 Å². The van der Waals surface area contributed by atoms with Crippen molar-refractivity contribution in [3.05, 3.63) is 42.3 Å². The van der Waals surface area contributed by atoms with Gasteiger partial charge in [0.15, 0.2) is 0 Å². The number of nitrogens with zero attached hydrogens (tertiary/aromatic N) is 4. The van der Waals surface area contributed by atoms with Crippen LogP contribution in [-0.4, -0.2) is 47.9 Å². The molecule has 1 atom stereocenters. The Bertz CT molecular complexity index is 1040. The number of hydrogen-bond acceptors (Lipinski definition) is 6. The normalized spacial score (nSPS) is 17.1. The lowest BCUT2D eigenvalue weighted by Crippen LogP contribution is -2.36. The van der Waals surface area contributed by atoms with E-state index in [1.807, 2.05) is 41.3 Å². The van der Waals surface area contributed by atoms with Crippen molar-refractivity contribution >= 4 is 28.5 Å². The van der Waals surface area contributed by atoms with Crippen LogP contribution in [0.4, 0.5) is 0 Å². The van der Waals surface area contributed by atoms with Crippen LogP contribution in [0.25, 0.3) is 22.2 Å². The summed E-state index contributed by atoms with van der Waals surface area (Å²) in [5.41, 5.74) is 6.77. The zero-order valence-electron chi connectivity index (χ0n) is 16.8. The SMILES string of the molecule is COCCCOc1ccc2cc(-c3noc([C@@H]4CCCN4/C(N)=N\Cl)n3)ccc2c1. The van der Waals surface area contributed by atoms with Crippen molar-refractivity contribution < 1.29 is 14.0 Å². The third-order valence-corrected chi connectivity index (χ3v) is 5.37. The van der Waals surface area contributed by atoms with Crippen molar-refractivity contribution in [2.24, 2.45) is 10.2 Å². The molecule has 2 aromatic carbocycles. The highest BCUT2D eigenvalue weighted by Gasteiger charge is 2.32. The molecule has 0 bridgehead atoms. The number of rotatable bonds is 7. The lowest BCUT2D eigenvalue weighted by molar-refractivity contribution is 0.172. The first-order valence-corrected chi connectivity index (χ1v) is 10.2. The van der Waals surface area contributed by atoms with Crippen molar-refractivity contribution in [1.82, 2.24) is 15.0 Å². The summed E-state index contributed by atoms with van der Waals surface area (Å²) in [5, 5.41) is 6.33. The summed E-state index contributed by atoms with van der Waals surface area (Å²) >= 11 is 5.53. The fourth-order valence-electron chi connectivity index (χ4n) is 3.68. The third-order valence-electron chi connectivity index (χ3n) is 5.19. The number of likely N-dealkylation sites (tertiary alicyclic amines) is 1. The van der Waals surface area contributed by atoms with Gasteiger partial charge in [-0.15, -0.1) is 4.51 Å². The van der Waals surface area contributed by atoms with Gasteiger partial charge in [0.2, 0.25) is 17.7 Å². The molecule has 0 amide bonds. The molecule has 1 saturated heterocycles. The fourth-order valence-corrected chi connectivity index (χ4v) is 3.78. The highest BCUT2D eigenvalue weighted by atomic mass is 35.5. The monoisotopic (exact) mass is 429 g/mol. The molecule has 1 aromatic heterocycles. The molecule has 0 aliphatic carbocycles. The van der Waals surface area contributed by atoms with E-state index in [2.05, 4.69) is 14.7 Å². The second-order valence-corrected chi connectivity index (χ2v) is 7.34. The number of aromatic nitrogens is 2. The van der Waals surface area contributed by atoms with Gasteiger partial charge in [0.25, 0.3) is 0 Å². The van der Waals surface area contributed by atoms with Crippen molar-refractivity contribution in [1.29, 1.82) is 0 Å². The second-order valence-electron chi connectivity index (χ2n) is 7.17. The summed E-state index contributed by atoms with van der Waals surface area (Å²) in [5.74, 6) is 2.17. The van der Waals surface area contributed by atoms with Crippen LogP contribution < -0.4 is 10.5 Å². The molecule has 30 heavy (non-hydrogen) atoms. The minimum atomic E-state index is -0.105. The summed E-state index contributed by atoms with van der Waals surface area (Å²) in [7, 11) is 1.69. The number of guanidine groups is 1. The summed E-state index contributed by atoms with van der Waals surface area (Å²) in [6.07, 6.45) is 2.68. The number of nitrogens with two attached hydrogens (primary N) is 1. The minimum Gasteiger partial charge on any atom is -0.493 e. The van der Waals surface area contributed by atoms with E-state index in [-0.39, 0.29) is 12.0 Å². The van der Waals surface area contributed by atoms with Gasteiger partial charge in [-0.05, 0) is 41.8 Å². The van der Waals surface area contributed by atoms with Gasteiger partial charge in [-0.3, -0.25) is 0 Å². The Morgan fingerprint density at radius 1 is 1.27 bits per heavy atom. The summed E-state index contributed by atoms with van der Waals surface area (Å²) in [6, 6.07) is 12.0. The van der Waals surface area contributed by atoms with Crippen molar-refractivity contribution in [2.45, 2.75) is 25.3 Å². The van der Waals surface area contributed by atoms with Gasteiger partial charge in [-0.1, -0.05) is 23.4 Å². The predicted molar refractivity (Wildman–Crippen MR) is 115 cm³/mol. The Balaban J connectivity index is 1.51. The molecule has 2 heterocycles. The first kappa shape index (κ1) is 20.4. The van der Waals surface area contributed by atoms with Crippen LogP contribution in [0.1, 0.15) is 31.2 Å². The van der Waals surface area contributed by atoms with Gasteiger partial charge >= 0.3 is 0 Å². The molecule has 4 rings (SSSR count). The molecule has 1 aliphatic heterocycles. The van der Waals surface area contributed by atoms with E-state index in [0.29, 0.717) is 24.9 Å². The van der Waals surface area contributed by atoms with Gasteiger partial charge in [0.05, 0.1) is 6.61 Å². The fraction of sp³-hybridized carbons (Fsp3) is 0.381. The quantitative estimate of drug-likeness (QED) is 0.345. The van der Waals surface area contributed by atoms with Crippen molar-refractivity contribution in [3.8, 4) is 17.1 Å². The van der Waals surface area contributed by atoms with Gasteiger partial charge in [0.1, 0.15) is 11.8 Å². The Kier molecular flexibility index (Phi) is 6.35. The Hall–Kier alpha value is -2.84. The van der Waals surface area contributed by atoms with Crippen LogP contribution in [0.5, 0.6) is 5.75 Å². The van der Waals surface area contributed by atoms with Crippen LogP contribution in [-0.2, 0) is 4.74 Å². The molecule has 8 nitrogen and oxygen atoms in total. The maximum atomic E-state index is 5.88. The van der Waals surface area contributed by atoms with Gasteiger partial charge in [-0.2, -0.15) is 4.98 Å². The Morgan fingerprint density at radius 2 is 2.10 bits per heavy atom. The van der Waals surface area contributed by atoms with E-state index < -0.39 is 0 Å². The summed E-state index contributed by atoms with van der Waals surface area (Å²) in [4.78, 5) is 6.49. The lowest BCUT2D eigenvalue weighted by atomic mass is 10.1. The van der Waals surface area contributed by atoms with Crippen molar-refractivity contribution in [2.75, 3.05) is 26.9 Å². The molecular formula is C21H24ClN5O3. The van der Waals surface area contributed by atoms with Gasteiger partial charge in [0, 0.05) is 44.0 Å². The van der Waals surface area contributed by atoms with Crippen LogP contribution >= 0.6 is 11.8 Å². The zero-order valence-corrected chi connectivity index (χ0v) is 17.5. The minimum absolute atomic E-state index is 0.105. The molecule has 0 saturated carbocycles. The average molecular weight is 430 g/mol. The number of hydrogen-bond donors (Lipinski definition) is 1. The Labute approximate surface area is 179 Å². The van der Waals surface area contributed by atoms with Crippen LogP contribution in [0.2, 0.25) is 0 Å². The molecule has 3 aromatic rings. The van der Waals surface area contributed by atoms with Crippen LogP contribution in [0.15, 0.2) is 45.4 Å². The molecule has 1 aliphatic rings. The third kappa shape index (κ3) is 4.34. The number of halogens is 1. The summed E-state index contributed by atoms with van der Waals surface area (Å²) < 4.78 is 19.9. The molecule has 9 heteroatoms. The second kappa shape index (κ2) is 9.32. The van der Waals surface area contributed by atoms with E-state index in [0.717, 1.165) is 47.9 Å². The predicted octanol–water partition coefficient (Wildman–Crippen LogP) is 3.91. The van der Waals surface area contributed by atoms with E-state index in [9.17, 15) is 0 Å². The summed E-state index contributed by atoms with van der Waals surface area (Å²) in [6.45, 7) is 2.07. The first-order valence-electron chi connectivity index (χ1n) is 9.90. The first-order chi connectivity index (χ1) is 14.7. The van der Waals surface area contributed by atoms with Crippen LogP contribution in [0.3, 0.4) is 0 Å². The number of ether oxygens (including phenoxy) is 2. The number of methoxy groups -OCH3 is 1. The molecule has 1 fully saturated rings.